The second kappa shape index (κ2) is 11.1. The van der Waals surface area contributed by atoms with Crippen molar-refractivity contribution in [1.29, 1.82) is 5.26 Å². The number of anilines is 1. The number of amides is 1. The molecular formula is C25H28N6OS. The van der Waals surface area contributed by atoms with E-state index in [4.69, 9.17) is 0 Å². The van der Waals surface area contributed by atoms with Crippen molar-refractivity contribution < 1.29 is 4.79 Å². The van der Waals surface area contributed by atoms with Gasteiger partial charge in [-0.15, -0.1) is 10.2 Å². The zero-order valence-corrected chi connectivity index (χ0v) is 19.6. The van der Waals surface area contributed by atoms with E-state index in [-0.39, 0.29) is 5.91 Å². The summed E-state index contributed by atoms with van der Waals surface area (Å²) in [5, 5.41) is 21.4. The number of nitrogens with one attached hydrogen (secondary N) is 1. The zero-order chi connectivity index (χ0) is 23.0. The Hall–Kier alpha value is -3.15. The lowest BCUT2D eigenvalue weighted by atomic mass is 10.1. The van der Waals surface area contributed by atoms with Gasteiger partial charge in [-0.2, -0.15) is 5.26 Å². The minimum Gasteiger partial charge on any atom is -0.324 e. The Morgan fingerprint density at radius 2 is 1.79 bits per heavy atom. The SMILES string of the molecule is C[C@@H](Sc1nnc(CN2CCCCC2)n1Cc1ccccc1)C(=O)Nc1ccccc1C#N. The molecule has 1 aliphatic rings. The number of aromatic nitrogens is 3. The molecule has 0 aliphatic carbocycles. The first kappa shape index (κ1) is 23.0. The molecule has 0 bridgehead atoms. The molecule has 4 rings (SSSR count). The van der Waals surface area contributed by atoms with Crippen LogP contribution in [-0.2, 0) is 17.9 Å². The van der Waals surface area contributed by atoms with Gasteiger partial charge in [-0.3, -0.25) is 9.69 Å². The second-order valence-corrected chi connectivity index (χ2v) is 9.52. The maximum absolute atomic E-state index is 12.9. The summed E-state index contributed by atoms with van der Waals surface area (Å²) < 4.78 is 2.13. The third-order valence-corrected chi connectivity index (χ3v) is 6.83. The largest absolute Gasteiger partial charge is 0.324 e. The monoisotopic (exact) mass is 460 g/mol. The number of carbonyl (C=O) groups is 1. The lowest BCUT2D eigenvalue weighted by Crippen LogP contribution is -2.30. The minimum atomic E-state index is -0.404. The standard InChI is InChI=1S/C25H28N6OS/c1-19(24(32)27-22-13-7-6-12-21(22)16-26)33-25-29-28-23(18-30-14-8-3-9-15-30)31(25)17-20-10-4-2-5-11-20/h2,4-7,10-13,19H,3,8-9,14-15,17-18H2,1H3,(H,27,32)/t19-/m1/s1. The summed E-state index contributed by atoms with van der Waals surface area (Å²) >= 11 is 1.39. The zero-order valence-electron chi connectivity index (χ0n) is 18.8. The van der Waals surface area contributed by atoms with Crippen molar-refractivity contribution in [3.8, 4) is 6.07 Å². The number of para-hydroxylation sites is 1. The number of likely N-dealkylation sites (tertiary alicyclic amines) is 1. The number of nitrogens with zero attached hydrogens (tertiary/aromatic N) is 5. The number of hydrogen-bond acceptors (Lipinski definition) is 6. The van der Waals surface area contributed by atoms with E-state index in [1.54, 1.807) is 24.3 Å². The van der Waals surface area contributed by atoms with Gasteiger partial charge in [0.15, 0.2) is 5.16 Å². The molecule has 0 spiro atoms. The molecule has 1 amide bonds. The van der Waals surface area contributed by atoms with E-state index in [0.717, 1.165) is 30.6 Å². The molecule has 33 heavy (non-hydrogen) atoms. The van der Waals surface area contributed by atoms with E-state index in [9.17, 15) is 10.1 Å². The number of rotatable bonds is 8. The Labute approximate surface area is 198 Å². The highest BCUT2D eigenvalue weighted by Gasteiger charge is 2.22. The fourth-order valence-electron chi connectivity index (χ4n) is 3.90. The highest BCUT2D eigenvalue weighted by atomic mass is 32.2. The number of thioether (sulfide) groups is 1. The van der Waals surface area contributed by atoms with Crippen LogP contribution in [0.3, 0.4) is 0 Å². The molecule has 2 aromatic carbocycles. The molecule has 7 nitrogen and oxygen atoms in total. The van der Waals surface area contributed by atoms with E-state index in [1.165, 1.54) is 36.6 Å². The van der Waals surface area contributed by atoms with Crippen molar-refractivity contribution in [2.24, 2.45) is 0 Å². The van der Waals surface area contributed by atoms with Gasteiger partial charge in [0, 0.05) is 0 Å². The van der Waals surface area contributed by atoms with Gasteiger partial charge in [-0.25, -0.2) is 0 Å². The Balaban J connectivity index is 1.51. The summed E-state index contributed by atoms with van der Waals surface area (Å²) in [7, 11) is 0. The molecule has 0 unspecified atom stereocenters. The lowest BCUT2D eigenvalue weighted by molar-refractivity contribution is -0.115. The molecular weight excluding hydrogens is 432 g/mol. The third-order valence-electron chi connectivity index (χ3n) is 5.75. The topological polar surface area (TPSA) is 86.8 Å². The van der Waals surface area contributed by atoms with Gasteiger partial charge in [-0.1, -0.05) is 60.6 Å². The van der Waals surface area contributed by atoms with E-state index < -0.39 is 5.25 Å². The van der Waals surface area contributed by atoms with Crippen molar-refractivity contribution in [1.82, 2.24) is 19.7 Å². The summed E-state index contributed by atoms with van der Waals surface area (Å²) in [4.78, 5) is 15.3. The summed E-state index contributed by atoms with van der Waals surface area (Å²) in [6, 6.07) is 19.4. The van der Waals surface area contributed by atoms with E-state index in [2.05, 4.69) is 43.2 Å². The highest BCUT2D eigenvalue weighted by Crippen LogP contribution is 2.26. The van der Waals surface area contributed by atoms with Gasteiger partial charge in [0.25, 0.3) is 0 Å². The van der Waals surface area contributed by atoms with E-state index in [0.29, 0.717) is 17.8 Å². The van der Waals surface area contributed by atoms with Gasteiger partial charge < -0.3 is 9.88 Å². The molecule has 1 saturated heterocycles. The first-order valence-electron chi connectivity index (χ1n) is 11.3. The van der Waals surface area contributed by atoms with E-state index in [1.807, 2.05) is 25.1 Å². The summed E-state index contributed by atoms with van der Waals surface area (Å²) in [5.41, 5.74) is 2.13. The molecule has 0 saturated carbocycles. The van der Waals surface area contributed by atoms with Crippen molar-refractivity contribution in [3.63, 3.8) is 0 Å². The average molecular weight is 461 g/mol. The first-order chi connectivity index (χ1) is 16.1. The highest BCUT2D eigenvalue weighted by molar-refractivity contribution is 8.00. The van der Waals surface area contributed by atoms with Crippen LogP contribution < -0.4 is 5.32 Å². The van der Waals surface area contributed by atoms with Gasteiger partial charge in [-0.05, 0) is 50.6 Å². The lowest BCUT2D eigenvalue weighted by Gasteiger charge is -2.26. The smallest absolute Gasteiger partial charge is 0.237 e. The number of nitriles is 1. The fraction of sp³-hybridized carbons (Fsp3) is 0.360. The minimum absolute atomic E-state index is 0.172. The Kier molecular flexibility index (Phi) is 7.76. The molecule has 0 radical (unpaired) electrons. The predicted octanol–water partition coefficient (Wildman–Crippen LogP) is 4.30. The van der Waals surface area contributed by atoms with Crippen LogP contribution >= 0.6 is 11.8 Å². The number of carbonyl (C=O) groups excluding carboxylic acids is 1. The number of piperidine rings is 1. The third kappa shape index (κ3) is 6.01. The van der Waals surface area contributed by atoms with Gasteiger partial charge >= 0.3 is 0 Å². The number of hydrogen-bond donors (Lipinski definition) is 1. The normalized spacial score (nSPS) is 15.0. The molecule has 1 atom stereocenters. The maximum atomic E-state index is 12.9. The van der Waals surface area contributed by atoms with Gasteiger partial charge in [0.2, 0.25) is 5.91 Å². The van der Waals surface area contributed by atoms with Crippen LogP contribution in [0.15, 0.2) is 59.8 Å². The van der Waals surface area contributed by atoms with Crippen molar-refractivity contribution in [3.05, 3.63) is 71.5 Å². The Morgan fingerprint density at radius 3 is 2.55 bits per heavy atom. The first-order valence-corrected chi connectivity index (χ1v) is 12.2. The molecule has 2 heterocycles. The molecule has 1 aliphatic heterocycles. The molecule has 1 fully saturated rings. The molecule has 1 aromatic heterocycles. The van der Waals surface area contributed by atoms with Crippen molar-refractivity contribution in [2.75, 3.05) is 18.4 Å². The summed E-state index contributed by atoms with van der Waals surface area (Å²) in [6.07, 6.45) is 3.72. The van der Waals surface area contributed by atoms with Gasteiger partial charge in [0.05, 0.1) is 29.6 Å². The van der Waals surface area contributed by atoms with Crippen LogP contribution in [0.4, 0.5) is 5.69 Å². The molecule has 8 heteroatoms. The van der Waals surface area contributed by atoms with Crippen LogP contribution in [0.25, 0.3) is 0 Å². The van der Waals surface area contributed by atoms with Crippen LogP contribution in [0, 0.1) is 11.3 Å². The predicted molar refractivity (Wildman–Crippen MR) is 130 cm³/mol. The van der Waals surface area contributed by atoms with Crippen molar-refractivity contribution in [2.45, 2.75) is 49.7 Å². The molecule has 170 valence electrons. The average Bonchev–Trinajstić information content (AvgIpc) is 3.21. The van der Waals surface area contributed by atoms with Crippen LogP contribution in [0.5, 0.6) is 0 Å². The van der Waals surface area contributed by atoms with Gasteiger partial charge in [0.1, 0.15) is 11.9 Å². The number of benzene rings is 2. The van der Waals surface area contributed by atoms with Crippen LogP contribution in [0.2, 0.25) is 0 Å². The Bertz CT molecular complexity index is 1120. The van der Waals surface area contributed by atoms with Crippen LogP contribution in [0.1, 0.15) is 43.1 Å². The molecule has 3 aromatic rings. The Morgan fingerprint density at radius 1 is 1.06 bits per heavy atom. The summed E-state index contributed by atoms with van der Waals surface area (Å²) in [5.74, 6) is 0.750. The van der Waals surface area contributed by atoms with Crippen LogP contribution in [-0.4, -0.2) is 43.9 Å². The maximum Gasteiger partial charge on any atom is 0.237 e. The quantitative estimate of drug-likeness (QED) is 0.504. The molecule has 1 N–H and O–H groups in total. The fourth-order valence-corrected chi connectivity index (χ4v) is 4.77. The van der Waals surface area contributed by atoms with E-state index >= 15 is 0 Å². The van der Waals surface area contributed by atoms with Crippen molar-refractivity contribution >= 4 is 23.4 Å². The summed E-state index contributed by atoms with van der Waals surface area (Å²) in [6.45, 7) is 5.43. The second-order valence-electron chi connectivity index (χ2n) is 8.21.